The Kier molecular flexibility index (Phi) is 8.95. The minimum atomic E-state index is -3.77. The molecule has 1 N–H and O–H groups in total. The first-order chi connectivity index (χ1) is 15.2. The molecule has 0 radical (unpaired) electrons. The van der Waals surface area contributed by atoms with Crippen molar-refractivity contribution in [2.45, 2.75) is 45.8 Å². The predicted octanol–water partition coefficient (Wildman–Crippen LogP) is 4.20. The highest BCUT2D eigenvalue weighted by Gasteiger charge is 2.31. The van der Waals surface area contributed by atoms with Gasteiger partial charge in [-0.15, -0.1) is 0 Å². The molecule has 1 atom stereocenters. The van der Waals surface area contributed by atoms with Crippen molar-refractivity contribution in [3.05, 3.63) is 63.6 Å². The zero-order valence-electron chi connectivity index (χ0n) is 19.3. The van der Waals surface area contributed by atoms with Gasteiger partial charge in [0.15, 0.2) is 0 Å². The van der Waals surface area contributed by atoms with E-state index in [2.05, 4.69) is 21.2 Å². The van der Waals surface area contributed by atoms with Gasteiger partial charge >= 0.3 is 0 Å². The Bertz CT molecular complexity index is 1120. The lowest BCUT2D eigenvalue weighted by atomic mass is 10.1. The van der Waals surface area contributed by atoms with Crippen LogP contribution < -0.4 is 9.62 Å². The quantitative estimate of drug-likeness (QED) is 0.526. The molecule has 7 nitrogen and oxygen atoms in total. The van der Waals surface area contributed by atoms with Crippen molar-refractivity contribution in [2.75, 3.05) is 17.1 Å². The number of nitrogens with one attached hydrogen (secondary N) is 1. The molecule has 10 heteroatoms. The van der Waals surface area contributed by atoms with E-state index in [0.29, 0.717) is 15.2 Å². The Morgan fingerprint density at radius 3 is 2.30 bits per heavy atom. The molecule has 0 aliphatic carbocycles. The number of hydrogen-bond donors (Lipinski definition) is 1. The maximum absolute atomic E-state index is 13.5. The minimum Gasteiger partial charge on any atom is -0.350 e. The van der Waals surface area contributed by atoms with Gasteiger partial charge in [0.2, 0.25) is 21.8 Å². The first-order valence-electron chi connectivity index (χ1n) is 10.3. The predicted molar refractivity (Wildman–Crippen MR) is 136 cm³/mol. The van der Waals surface area contributed by atoms with E-state index in [4.69, 9.17) is 11.6 Å². The lowest BCUT2D eigenvalue weighted by molar-refractivity contribution is -0.140. The summed E-state index contributed by atoms with van der Waals surface area (Å²) in [4.78, 5) is 27.7. The van der Waals surface area contributed by atoms with Gasteiger partial charge in [-0.1, -0.05) is 45.7 Å². The molecule has 0 fully saturated rings. The molecule has 2 aromatic rings. The molecule has 0 bridgehead atoms. The van der Waals surface area contributed by atoms with Gasteiger partial charge in [0.1, 0.15) is 12.6 Å². The van der Waals surface area contributed by atoms with Gasteiger partial charge in [-0.3, -0.25) is 13.9 Å². The van der Waals surface area contributed by atoms with E-state index in [-0.39, 0.29) is 12.5 Å². The molecule has 180 valence electrons. The number of carbonyl (C=O) groups excluding carboxylic acids is 2. The largest absolute Gasteiger partial charge is 0.350 e. The zero-order valence-corrected chi connectivity index (χ0v) is 22.5. The van der Waals surface area contributed by atoms with Gasteiger partial charge in [-0.05, 0) is 63.6 Å². The summed E-state index contributed by atoms with van der Waals surface area (Å²) in [7, 11) is -3.77. The standard InChI is InChI=1S/C23H29BrClN3O4S/c1-16(22(30)26-23(2,3)4)27(14-17-8-6-10-19(25)12-17)21(29)15-28(33(5,31)32)20-11-7-9-18(24)13-20/h6-13,16H,14-15H2,1-5H3,(H,26,30). The number of rotatable bonds is 8. The second-order valence-electron chi connectivity index (χ2n) is 8.82. The van der Waals surface area contributed by atoms with E-state index in [1.165, 1.54) is 4.90 Å². The van der Waals surface area contributed by atoms with Crippen LogP contribution in [-0.2, 0) is 26.2 Å². The van der Waals surface area contributed by atoms with Crippen LogP contribution in [0, 0.1) is 0 Å². The fourth-order valence-corrected chi connectivity index (χ4v) is 4.58. The Balaban J connectivity index is 2.41. The lowest BCUT2D eigenvalue weighted by Gasteiger charge is -2.33. The van der Waals surface area contributed by atoms with Crippen molar-refractivity contribution < 1.29 is 18.0 Å². The van der Waals surface area contributed by atoms with Gasteiger partial charge in [-0.25, -0.2) is 8.42 Å². The molecule has 2 aromatic carbocycles. The van der Waals surface area contributed by atoms with Crippen LogP contribution in [0.25, 0.3) is 0 Å². The van der Waals surface area contributed by atoms with Crippen molar-refractivity contribution in [2.24, 2.45) is 0 Å². The van der Waals surface area contributed by atoms with Crippen LogP contribution in [0.15, 0.2) is 53.0 Å². The van der Waals surface area contributed by atoms with Gasteiger partial charge < -0.3 is 10.2 Å². The topological polar surface area (TPSA) is 86.8 Å². The molecule has 0 aliphatic rings. The molecular weight excluding hydrogens is 530 g/mol. The van der Waals surface area contributed by atoms with E-state index in [0.717, 1.165) is 16.1 Å². The van der Waals surface area contributed by atoms with Crippen molar-refractivity contribution in [3.8, 4) is 0 Å². The van der Waals surface area contributed by atoms with Crippen molar-refractivity contribution >= 4 is 55.1 Å². The third-order valence-corrected chi connectivity index (χ3v) is 6.55. The summed E-state index contributed by atoms with van der Waals surface area (Å²) < 4.78 is 26.8. The smallest absolute Gasteiger partial charge is 0.244 e. The Labute approximate surface area is 209 Å². The summed E-state index contributed by atoms with van der Waals surface area (Å²) in [6, 6.07) is 12.8. The van der Waals surface area contributed by atoms with Crippen LogP contribution in [-0.4, -0.2) is 49.5 Å². The molecule has 0 aliphatic heterocycles. The SMILES string of the molecule is CC(C(=O)NC(C)(C)C)N(Cc1cccc(Cl)c1)C(=O)CN(c1cccc(Br)c1)S(C)(=O)=O. The number of benzene rings is 2. The number of halogens is 2. The molecular formula is C23H29BrClN3O4S. The maximum atomic E-state index is 13.5. The third kappa shape index (κ3) is 8.32. The van der Waals surface area contributed by atoms with Crippen LogP contribution in [0.5, 0.6) is 0 Å². The number of anilines is 1. The zero-order chi connectivity index (χ0) is 25.0. The number of sulfonamides is 1. The second kappa shape index (κ2) is 10.9. The van der Waals surface area contributed by atoms with Crippen LogP contribution in [0.3, 0.4) is 0 Å². The summed E-state index contributed by atoms with van der Waals surface area (Å²) >= 11 is 9.43. The van der Waals surface area contributed by atoms with Gasteiger partial charge in [0, 0.05) is 21.6 Å². The molecule has 0 aromatic heterocycles. The first kappa shape index (κ1) is 27.1. The number of hydrogen-bond acceptors (Lipinski definition) is 4. The van der Waals surface area contributed by atoms with E-state index in [1.54, 1.807) is 55.5 Å². The maximum Gasteiger partial charge on any atom is 0.244 e. The Morgan fingerprint density at radius 1 is 1.12 bits per heavy atom. The van der Waals surface area contributed by atoms with Crippen LogP contribution >= 0.6 is 27.5 Å². The number of amides is 2. The average Bonchev–Trinajstić information content (AvgIpc) is 2.67. The molecule has 0 saturated heterocycles. The summed E-state index contributed by atoms with van der Waals surface area (Å²) in [5, 5.41) is 3.38. The number of carbonyl (C=O) groups is 2. The van der Waals surface area contributed by atoms with Crippen LogP contribution in [0.4, 0.5) is 5.69 Å². The molecule has 2 amide bonds. The molecule has 0 saturated carbocycles. The van der Waals surface area contributed by atoms with Gasteiger partial charge in [0.05, 0.1) is 11.9 Å². The highest BCUT2D eigenvalue weighted by atomic mass is 79.9. The summed E-state index contributed by atoms with van der Waals surface area (Å²) in [5.74, 6) is -0.858. The van der Waals surface area contributed by atoms with E-state index >= 15 is 0 Å². The number of nitrogens with zero attached hydrogens (tertiary/aromatic N) is 2. The minimum absolute atomic E-state index is 0.0915. The fourth-order valence-electron chi connectivity index (χ4n) is 3.13. The van der Waals surface area contributed by atoms with E-state index in [9.17, 15) is 18.0 Å². The molecule has 2 rings (SSSR count). The summed E-state index contributed by atoms with van der Waals surface area (Å²) in [6.45, 7) is 6.79. The van der Waals surface area contributed by atoms with Crippen LogP contribution in [0.2, 0.25) is 5.02 Å². The molecule has 33 heavy (non-hydrogen) atoms. The average molecular weight is 559 g/mol. The van der Waals surface area contributed by atoms with E-state index in [1.807, 2.05) is 20.8 Å². The molecule has 0 heterocycles. The van der Waals surface area contributed by atoms with Gasteiger partial charge in [-0.2, -0.15) is 0 Å². The Morgan fingerprint density at radius 2 is 1.76 bits per heavy atom. The van der Waals surface area contributed by atoms with Crippen molar-refractivity contribution in [1.29, 1.82) is 0 Å². The molecule has 1 unspecified atom stereocenters. The Hall–Kier alpha value is -2.10. The molecule has 0 spiro atoms. The second-order valence-corrected chi connectivity index (χ2v) is 12.1. The van der Waals surface area contributed by atoms with Gasteiger partial charge in [0.25, 0.3) is 0 Å². The summed E-state index contributed by atoms with van der Waals surface area (Å²) in [5.41, 5.74) is 0.569. The highest BCUT2D eigenvalue weighted by Crippen LogP contribution is 2.23. The highest BCUT2D eigenvalue weighted by molar-refractivity contribution is 9.10. The summed E-state index contributed by atoms with van der Waals surface area (Å²) in [6.07, 6.45) is 1.04. The fraction of sp³-hybridized carbons (Fsp3) is 0.391. The normalized spacial score (nSPS) is 12.7. The third-order valence-electron chi connectivity index (χ3n) is 4.68. The monoisotopic (exact) mass is 557 g/mol. The first-order valence-corrected chi connectivity index (χ1v) is 13.3. The van der Waals surface area contributed by atoms with Crippen molar-refractivity contribution in [3.63, 3.8) is 0 Å². The van der Waals surface area contributed by atoms with Crippen molar-refractivity contribution in [1.82, 2.24) is 10.2 Å². The lowest BCUT2D eigenvalue weighted by Crippen LogP contribution is -2.54. The van der Waals surface area contributed by atoms with E-state index < -0.39 is 34.1 Å². The van der Waals surface area contributed by atoms with Crippen LogP contribution in [0.1, 0.15) is 33.3 Å².